The van der Waals surface area contributed by atoms with E-state index in [1.165, 1.54) is 135 Å². The predicted molar refractivity (Wildman–Crippen MR) is 141 cm³/mol. The highest BCUT2D eigenvalue weighted by molar-refractivity contribution is 4.65. The largest absolute Gasteiger partial charge is 0.302 e. The van der Waals surface area contributed by atoms with Crippen LogP contribution in [0.25, 0.3) is 0 Å². The molecule has 0 aliphatic carbocycles. The lowest BCUT2D eigenvalue weighted by atomic mass is 10.0. The van der Waals surface area contributed by atoms with Crippen LogP contribution in [0.1, 0.15) is 143 Å². The topological polar surface area (TPSA) is 32.5 Å². The molecular formula is C28H61N3. The lowest BCUT2D eigenvalue weighted by molar-refractivity contribution is 0.195. The normalized spacial score (nSPS) is 12.9. The van der Waals surface area contributed by atoms with Crippen molar-refractivity contribution >= 4 is 0 Å². The second-order valence-electron chi connectivity index (χ2n) is 10.3. The van der Waals surface area contributed by atoms with Crippen molar-refractivity contribution in [3.8, 4) is 0 Å². The van der Waals surface area contributed by atoms with Gasteiger partial charge in [-0.15, -0.1) is 0 Å². The third-order valence-electron chi connectivity index (χ3n) is 6.72. The van der Waals surface area contributed by atoms with Gasteiger partial charge >= 0.3 is 0 Å². The van der Waals surface area contributed by atoms with Gasteiger partial charge in [0.1, 0.15) is 0 Å². The van der Waals surface area contributed by atoms with Crippen molar-refractivity contribution < 1.29 is 0 Å². The van der Waals surface area contributed by atoms with Crippen LogP contribution in [0.4, 0.5) is 0 Å². The van der Waals surface area contributed by atoms with E-state index < -0.39 is 0 Å². The lowest BCUT2D eigenvalue weighted by Crippen LogP contribution is -2.38. The standard InChI is InChI=1S/C28H61N3/c1-5-7-9-11-13-15-16-18-20-22-24-31(26-25-30(4)29)27-28(3)23-21-19-17-14-12-10-8-6-2/h28H,5-27,29H2,1-4H3. The van der Waals surface area contributed by atoms with Gasteiger partial charge in [-0.1, -0.05) is 130 Å². The van der Waals surface area contributed by atoms with E-state index in [1.807, 2.05) is 12.1 Å². The number of likely N-dealkylation sites (N-methyl/N-ethyl adjacent to an activating group) is 1. The number of hydrogen-bond acceptors (Lipinski definition) is 3. The molecule has 0 amide bonds. The quantitative estimate of drug-likeness (QED) is 0.0884. The Kier molecular flexibility index (Phi) is 24.4. The summed E-state index contributed by atoms with van der Waals surface area (Å²) in [6, 6.07) is 0. The molecule has 0 fully saturated rings. The highest BCUT2D eigenvalue weighted by atomic mass is 15.4. The zero-order valence-corrected chi connectivity index (χ0v) is 22.3. The molecule has 3 nitrogen and oxygen atoms in total. The summed E-state index contributed by atoms with van der Waals surface area (Å²) in [6.45, 7) is 11.7. The second kappa shape index (κ2) is 24.5. The van der Waals surface area contributed by atoms with E-state index in [1.54, 1.807) is 0 Å². The van der Waals surface area contributed by atoms with Crippen LogP contribution in [-0.2, 0) is 0 Å². The molecule has 2 N–H and O–H groups in total. The Morgan fingerprint density at radius 2 is 0.968 bits per heavy atom. The van der Waals surface area contributed by atoms with Gasteiger partial charge < -0.3 is 4.90 Å². The van der Waals surface area contributed by atoms with Crippen LogP contribution in [0.15, 0.2) is 0 Å². The SMILES string of the molecule is CCCCCCCCCCCCN(CCN(C)N)CC(C)CCCCCCCCCC. The molecule has 0 aromatic carbocycles. The fraction of sp³-hybridized carbons (Fsp3) is 1.00. The molecule has 1 unspecified atom stereocenters. The van der Waals surface area contributed by atoms with Gasteiger partial charge in [-0.2, -0.15) is 0 Å². The molecule has 1 atom stereocenters. The van der Waals surface area contributed by atoms with E-state index in [0.29, 0.717) is 0 Å². The Labute approximate surface area is 197 Å². The van der Waals surface area contributed by atoms with Crippen LogP contribution in [0.2, 0.25) is 0 Å². The summed E-state index contributed by atoms with van der Waals surface area (Å²) < 4.78 is 0. The Balaban J connectivity index is 3.82. The minimum atomic E-state index is 0.811. The number of nitrogens with two attached hydrogens (primary N) is 1. The fourth-order valence-electron chi connectivity index (χ4n) is 4.58. The van der Waals surface area contributed by atoms with E-state index in [9.17, 15) is 0 Å². The highest BCUT2D eigenvalue weighted by Crippen LogP contribution is 2.15. The van der Waals surface area contributed by atoms with E-state index in [-0.39, 0.29) is 0 Å². The van der Waals surface area contributed by atoms with E-state index in [0.717, 1.165) is 19.0 Å². The molecule has 3 heteroatoms. The second-order valence-corrected chi connectivity index (χ2v) is 10.3. The summed E-state index contributed by atoms with van der Waals surface area (Å²) in [5.74, 6) is 6.70. The van der Waals surface area contributed by atoms with E-state index >= 15 is 0 Å². The van der Waals surface area contributed by atoms with Crippen molar-refractivity contribution in [2.75, 3.05) is 33.2 Å². The predicted octanol–water partition coefficient (Wildman–Crippen LogP) is 8.18. The molecule has 0 aromatic heterocycles. The molecule has 0 aliphatic rings. The molecule has 0 saturated heterocycles. The number of nitrogens with zero attached hydrogens (tertiary/aromatic N) is 2. The Bertz CT molecular complexity index is 332. The molecule has 0 bridgehead atoms. The third-order valence-corrected chi connectivity index (χ3v) is 6.72. The first-order valence-electron chi connectivity index (χ1n) is 14.3. The molecule has 0 radical (unpaired) electrons. The van der Waals surface area contributed by atoms with E-state index in [4.69, 9.17) is 5.84 Å². The lowest BCUT2D eigenvalue weighted by Gasteiger charge is -2.27. The average Bonchev–Trinajstić information content (AvgIpc) is 2.75. The zero-order valence-electron chi connectivity index (χ0n) is 22.3. The molecule has 188 valence electrons. The molecule has 0 heterocycles. The molecular weight excluding hydrogens is 378 g/mol. The Morgan fingerprint density at radius 1 is 0.548 bits per heavy atom. The van der Waals surface area contributed by atoms with Gasteiger partial charge in [-0.3, -0.25) is 5.84 Å². The summed E-state index contributed by atoms with van der Waals surface area (Å²) in [4.78, 5) is 2.68. The number of hydrazine groups is 1. The van der Waals surface area contributed by atoms with Crippen LogP contribution in [-0.4, -0.2) is 43.1 Å². The van der Waals surface area contributed by atoms with Gasteiger partial charge in [0.05, 0.1) is 0 Å². The zero-order chi connectivity index (χ0) is 23.0. The van der Waals surface area contributed by atoms with Gasteiger partial charge in [0.25, 0.3) is 0 Å². The smallest absolute Gasteiger partial charge is 0.0253 e. The number of hydrogen-bond donors (Lipinski definition) is 1. The molecule has 31 heavy (non-hydrogen) atoms. The summed E-state index contributed by atoms with van der Waals surface area (Å²) in [7, 11) is 1.99. The maximum atomic E-state index is 5.89. The van der Waals surface area contributed by atoms with Crippen LogP contribution in [0, 0.1) is 5.92 Å². The monoisotopic (exact) mass is 439 g/mol. The average molecular weight is 440 g/mol. The minimum Gasteiger partial charge on any atom is -0.302 e. The van der Waals surface area contributed by atoms with Crippen molar-refractivity contribution in [3.05, 3.63) is 0 Å². The first kappa shape index (κ1) is 30.9. The third kappa shape index (κ3) is 24.4. The van der Waals surface area contributed by atoms with Crippen molar-refractivity contribution in [1.82, 2.24) is 9.91 Å². The first-order valence-corrected chi connectivity index (χ1v) is 14.3. The maximum Gasteiger partial charge on any atom is 0.0253 e. The first-order chi connectivity index (χ1) is 15.1. The van der Waals surface area contributed by atoms with Crippen LogP contribution in [0.5, 0.6) is 0 Å². The maximum absolute atomic E-state index is 5.89. The van der Waals surface area contributed by atoms with Gasteiger partial charge in [-0.25, -0.2) is 5.01 Å². The molecule has 0 spiro atoms. The van der Waals surface area contributed by atoms with E-state index in [2.05, 4.69) is 25.7 Å². The number of rotatable bonds is 25. The van der Waals surface area contributed by atoms with Crippen molar-refractivity contribution in [2.24, 2.45) is 11.8 Å². The van der Waals surface area contributed by atoms with Gasteiger partial charge in [-0.05, 0) is 25.3 Å². The van der Waals surface area contributed by atoms with Gasteiger partial charge in [0.2, 0.25) is 0 Å². The molecule has 0 aromatic rings. The molecule has 0 saturated carbocycles. The van der Waals surface area contributed by atoms with Crippen molar-refractivity contribution in [1.29, 1.82) is 0 Å². The number of unbranched alkanes of at least 4 members (excludes halogenated alkanes) is 16. The Morgan fingerprint density at radius 3 is 1.42 bits per heavy atom. The van der Waals surface area contributed by atoms with Crippen LogP contribution in [0.3, 0.4) is 0 Å². The highest BCUT2D eigenvalue weighted by Gasteiger charge is 2.11. The summed E-state index contributed by atoms with van der Waals surface area (Å²) >= 11 is 0. The van der Waals surface area contributed by atoms with Crippen LogP contribution < -0.4 is 5.84 Å². The molecule has 0 rings (SSSR count). The van der Waals surface area contributed by atoms with Crippen molar-refractivity contribution in [2.45, 2.75) is 143 Å². The minimum absolute atomic E-state index is 0.811. The molecule has 0 aliphatic heterocycles. The van der Waals surface area contributed by atoms with Gasteiger partial charge in [0.15, 0.2) is 0 Å². The fourth-order valence-corrected chi connectivity index (χ4v) is 4.58. The van der Waals surface area contributed by atoms with Gasteiger partial charge in [0, 0.05) is 26.7 Å². The summed E-state index contributed by atoms with van der Waals surface area (Å²) in [5.41, 5.74) is 0. The van der Waals surface area contributed by atoms with Crippen LogP contribution >= 0.6 is 0 Å². The summed E-state index contributed by atoms with van der Waals surface area (Å²) in [5, 5.41) is 1.84. The Hall–Kier alpha value is -0.120. The van der Waals surface area contributed by atoms with Crippen molar-refractivity contribution in [3.63, 3.8) is 0 Å². The summed E-state index contributed by atoms with van der Waals surface area (Å²) in [6.07, 6.45) is 27.0.